The molecular weight excluding hydrogens is 292 g/mol. The molecule has 0 unspecified atom stereocenters. The number of phenolic OH excluding ortho intramolecular Hbond substituents is 1. The van der Waals surface area contributed by atoms with E-state index in [1.807, 2.05) is 18.7 Å². The molecule has 1 N–H and O–H groups in total. The van der Waals surface area contributed by atoms with Gasteiger partial charge in [-0.05, 0) is 37.5 Å². The van der Waals surface area contributed by atoms with E-state index >= 15 is 0 Å². The summed E-state index contributed by atoms with van der Waals surface area (Å²) in [5, 5.41) is 9.52. The molecule has 126 valence electrons. The number of nitrogens with zero attached hydrogens (tertiary/aromatic N) is 2. The topological polar surface area (TPSA) is 60.9 Å². The van der Waals surface area contributed by atoms with E-state index in [4.69, 9.17) is 0 Å². The fourth-order valence-corrected chi connectivity index (χ4v) is 3.06. The lowest BCUT2D eigenvalue weighted by Crippen LogP contribution is -2.39. The summed E-state index contributed by atoms with van der Waals surface area (Å²) in [4.78, 5) is 28.7. The van der Waals surface area contributed by atoms with Crippen molar-refractivity contribution in [3.8, 4) is 5.75 Å². The van der Waals surface area contributed by atoms with Crippen LogP contribution >= 0.6 is 0 Å². The average molecular weight is 318 g/mol. The minimum atomic E-state index is -0.0854. The van der Waals surface area contributed by atoms with Crippen LogP contribution in [0.4, 0.5) is 0 Å². The molecule has 2 rings (SSSR count). The Bertz CT molecular complexity index is 555. The zero-order chi connectivity index (χ0) is 16.8. The number of benzene rings is 1. The normalized spacial score (nSPS) is 15.6. The molecule has 1 aromatic carbocycles. The van der Waals surface area contributed by atoms with Gasteiger partial charge in [0.15, 0.2) is 0 Å². The van der Waals surface area contributed by atoms with Crippen LogP contribution in [-0.2, 0) is 4.79 Å². The van der Waals surface area contributed by atoms with Gasteiger partial charge in [-0.25, -0.2) is 0 Å². The minimum Gasteiger partial charge on any atom is -0.508 e. The Morgan fingerprint density at radius 2 is 1.74 bits per heavy atom. The molecule has 1 fully saturated rings. The molecule has 5 nitrogen and oxygen atoms in total. The number of phenols is 1. The molecule has 5 heteroatoms. The highest BCUT2D eigenvalue weighted by molar-refractivity contribution is 5.94. The van der Waals surface area contributed by atoms with E-state index in [1.165, 1.54) is 6.07 Å². The van der Waals surface area contributed by atoms with Crippen LogP contribution in [0.25, 0.3) is 0 Å². The first kappa shape index (κ1) is 17.3. The molecule has 0 bridgehead atoms. The van der Waals surface area contributed by atoms with Gasteiger partial charge in [0.25, 0.3) is 5.91 Å². The summed E-state index contributed by atoms with van der Waals surface area (Å²) in [7, 11) is 0. The molecule has 1 aliphatic rings. The third kappa shape index (κ3) is 4.24. The Morgan fingerprint density at radius 3 is 2.39 bits per heavy atom. The Labute approximate surface area is 137 Å². The molecule has 1 heterocycles. The van der Waals surface area contributed by atoms with Crippen LogP contribution in [0.15, 0.2) is 24.3 Å². The molecule has 1 aromatic rings. The quantitative estimate of drug-likeness (QED) is 0.928. The molecule has 0 atom stereocenters. The lowest BCUT2D eigenvalue weighted by molar-refractivity contribution is -0.135. The fraction of sp³-hybridized carbons (Fsp3) is 0.556. The van der Waals surface area contributed by atoms with Crippen molar-refractivity contribution in [2.75, 3.05) is 26.2 Å². The van der Waals surface area contributed by atoms with Crippen molar-refractivity contribution in [3.63, 3.8) is 0 Å². The molecule has 0 aromatic heterocycles. The van der Waals surface area contributed by atoms with Gasteiger partial charge in [-0.15, -0.1) is 0 Å². The van der Waals surface area contributed by atoms with Gasteiger partial charge in [0.1, 0.15) is 5.75 Å². The lowest BCUT2D eigenvalue weighted by atomic mass is 10.0. The number of carbonyl (C=O) groups excluding carboxylic acids is 2. The van der Waals surface area contributed by atoms with Crippen LogP contribution in [0.1, 0.15) is 43.5 Å². The summed E-state index contributed by atoms with van der Waals surface area (Å²) in [5.41, 5.74) is 0.491. The molecule has 0 saturated carbocycles. The van der Waals surface area contributed by atoms with Gasteiger partial charge in [-0.2, -0.15) is 0 Å². The molecular formula is C18H26N2O3. The van der Waals surface area contributed by atoms with Crippen LogP contribution in [0.2, 0.25) is 0 Å². The zero-order valence-corrected chi connectivity index (χ0v) is 14.0. The number of aromatic hydroxyl groups is 1. The van der Waals surface area contributed by atoms with E-state index < -0.39 is 0 Å². The second-order valence-electron chi connectivity index (χ2n) is 6.03. The summed E-state index contributed by atoms with van der Waals surface area (Å²) in [6.07, 6.45) is 2.51. The van der Waals surface area contributed by atoms with Crippen LogP contribution < -0.4 is 0 Å². The van der Waals surface area contributed by atoms with E-state index in [1.54, 1.807) is 23.1 Å². The van der Waals surface area contributed by atoms with Gasteiger partial charge in [0.2, 0.25) is 5.91 Å². The molecule has 2 amide bonds. The van der Waals surface area contributed by atoms with Crippen LogP contribution in [0.5, 0.6) is 5.75 Å². The number of carbonyl (C=O) groups is 2. The molecule has 1 aliphatic heterocycles. The van der Waals surface area contributed by atoms with Crippen molar-refractivity contribution in [2.24, 2.45) is 5.92 Å². The standard InChI is InChI=1S/C18H26N2O3/c1-3-14(4-2)17(22)19-9-6-10-20(12-11-19)18(23)15-7-5-8-16(21)13-15/h5,7-8,13-14,21H,3-4,6,9-12H2,1-2H3. The maximum atomic E-state index is 12.5. The monoisotopic (exact) mass is 318 g/mol. The third-order valence-corrected chi connectivity index (χ3v) is 4.52. The van der Waals surface area contributed by atoms with E-state index in [0.717, 1.165) is 19.3 Å². The highest BCUT2D eigenvalue weighted by Gasteiger charge is 2.26. The van der Waals surface area contributed by atoms with E-state index in [9.17, 15) is 14.7 Å². The summed E-state index contributed by atoms with van der Waals surface area (Å²) >= 11 is 0. The minimum absolute atomic E-state index is 0.0854. The highest BCUT2D eigenvalue weighted by atomic mass is 16.3. The second kappa shape index (κ2) is 7.99. The first-order valence-electron chi connectivity index (χ1n) is 8.43. The summed E-state index contributed by atoms with van der Waals surface area (Å²) in [6.45, 7) is 6.56. The van der Waals surface area contributed by atoms with Gasteiger partial charge in [0.05, 0.1) is 0 Å². The van der Waals surface area contributed by atoms with Crippen LogP contribution in [-0.4, -0.2) is 52.9 Å². The average Bonchev–Trinajstić information content (AvgIpc) is 2.81. The first-order valence-corrected chi connectivity index (χ1v) is 8.43. The van der Waals surface area contributed by atoms with Gasteiger partial charge >= 0.3 is 0 Å². The van der Waals surface area contributed by atoms with Crippen LogP contribution in [0.3, 0.4) is 0 Å². The molecule has 0 aliphatic carbocycles. The molecule has 1 saturated heterocycles. The first-order chi connectivity index (χ1) is 11.1. The van der Waals surface area contributed by atoms with Crippen molar-refractivity contribution in [1.29, 1.82) is 0 Å². The zero-order valence-electron chi connectivity index (χ0n) is 14.0. The number of hydrogen-bond donors (Lipinski definition) is 1. The second-order valence-corrected chi connectivity index (χ2v) is 6.03. The predicted octanol–water partition coefficient (Wildman–Crippen LogP) is 2.50. The Balaban J connectivity index is 2.01. The number of hydrogen-bond acceptors (Lipinski definition) is 3. The Hall–Kier alpha value is -2.04. The third-order valence-electron chi connectivity index (χ3n) is 4.52. The summed E-state index contributed by atoms with van der Waals surface area (Å²) < 4.78 is 0. The molecule has 0 radical (unpaired) electrons. The van der Waals surface area contributed by atoms with Crippen molar-refractivity contribution in [1.82, 2.24) is 9.80 Å². The van der Waals surface area contributed by atoms with Crippen molar-refractivity contribution >= 4 is 11.8 Å². The molecule has 0 spiro atoms. The van der Waals surface area contributed by atoms with Crippen LogP contribution in [0, 0.1) is 5.92 Å². The predicted molar refractivity (Wildman–Crippen MR) is 89.3 cm³/mol. The van der Waals surface area contributed by atoms with Crippen molar-refractivity contribution < 1.29 is 14.7 Å². The number of rotatable bonds is 4. The summed E-state index contributed by atoms with van der Waals surface area (Å²) in [6, 6.07) is 6.42. The lowest BCUT2D eigenvalue weighted by Gasteiger charge is -2.25. The van der Waals surface area contributed by atoms with Gasteiger partial charge < -0.3 is 14.9 Å². The van der Waals surface area contributed by atoms with Crippen molar-refractivity contribution in [3.05, 3.63) is 29.8 Å². The number of amides is 2. The Morgan fingerprint density at radius 1 is 1.09 bits per heavy atom. The fourth-order valence-electron chi connectivity index (χ4n) is 3.06. The maximum Gasteiger partial charge on any atom is 0.254 e. The summed E-state index contributed by atoms with van der Waals surface area (Å²) in [5.74, 6) is 0.305. The van der Waals surface area contributed by atoms with E-state index in [0.29, 0.717) is 31.7 Å². The van der Waals surface area contributed by atoms with Gasteiger partial charge in [0, 0.05) is 37.7 Å². The van der Waals surface area contributed by atoms with Crippen molar-refractivity contribution in [2.45, 2.75) is 33.1 Å². The van der Waals surface area contributed by atoms with Gasteiger partial charge in [-0.1, -0.05) is 19.9 Å². The van der Waals surface area contributed by atoms with E-state index in [-0.39, 0.29) is 23.5 Å². The largest absolute Gasteiger partial charge is 0.508 e. The maximum absolute atomic E-state index is 12.5. The Kier molecular flexibility index (Phi) is 6.02. The van der Waals surface area contributed by atoms with Gasteiger partial charge in [-0.3, -0.25) is 9.59 Å². The highest BCUT2D eigenvalue weighted by Crippen LogP contribution is 2.17. The SMILES string of the molecule is CCC(CC)C(=O)N1CCCN(C(=O)c2cccc(O)c2)CC1. The van der Waals surface area contributed by atoms with E-state index in [2.05, 4.69) is 0 Å². The smallest absolute Gasteiger partial charge is 0.254 e. The molecule has 23 heavy (non-hydrogen) atoms.